The van der Waals surface area contributed by atoms with Crippen molar-refractivity contribution in [2.75, 3.05) is 5.73 Å². The van der Waals surface area contributed by atoms with Gasteiger partial charge >= 0.3 is 0 Å². The van der Waals surface area contributed by atoms with E-state index >= 15 is 0 Å². The van der Waals surface area contributed by atoms with Crippen LogP contribution >= 0.6 is 11.6 Å². The monoisotopic (exact) mass is 235 g/mol. The average molecular weight is 236 g/mol. The van der Waals surface area contributed by atoms with Gasteiger partial charge in [-0.3, -0.25) is 4.68 Å². The largest absolute Gasteiger partial charge is 0.399 e. The summed E-state index contributed by atoms with van der Waals surface area (Å²) in [6.07, 6.45) is 0. The maximum Gasteiger partial charge on any atom is 0.0844 e. The topological polar surface area (TPSA) is 43.8 Å². The molecule has 84 valence electrons. The van der Waals surface area contributed by atoms with Crippen molar-refractivity contribution < 1.29 is 0 Å². The zero-order chi connectivity index (χ0) is 11.7. The zero-order valence-corrected chi connectivity index (χ0v) is 10.1. The fourth-order valence-corrected chi connectivity index (χ4v) is 1.76. The zero-order valence-electron chi connectivity index (χ0n) is 9.37. The highest BCUT2D eigenvalue weighted by molar-refractivity contribution is 6.31. The molecule has 3 nitrogen and oxygen atoms in total. The Bertz CT molecular complexity index is 500. The highest BCUT2D eigenvalue weighted by atomic mass is 35.5. The van der Waals surface area contributed by atoms with Crippen molar-refractivity contribution in [1.82, 2.24) is 9.78 Å². The maximum absolute atomic E-state index is 6.09. The third-order valence-corrected chi connectivity index (χ3v) is 3.15. The molecule has 2 aromatic rings. The first-order valence-electron chi connectivity index (χ1n) is 5.12. The quantitative estimate of drug-likeness (QED) is 0.814. The first-order valence-corrected chi connectivity index (χ1v) is 5.49. The number of nitrogens with two attached hydrogens (primary N) is 1. The van der Waals surface area contributed by atoms with Crippen LogP contribution in [0.15, 0.2) is 24.3 Å². The van der Waals surface area contributed by atoms with E-state index in [4.69, 9.17) is 17.3 Å². The molecular formula is C12H14ClN3. The molecule has 0 radical (unpaired) electrons. The van der Waals surface area contributed by atoms with Gasteiger partial charge in [-0.25, -0.2) is 0 Å². The van der Waals surface area contributed by atoms with Gasteiger partial charge in [0.2, 0.25) is 0 Å². The molecule has 16 heavy (non-hydrogen) atoms. The van der Waals surface area contributed by atoms with Gasteiger partial charge in [0.25, 0.3) is 0 Å². The Kier molecular flexibility index (Phi) is 2.88. The third kappa shape index (κ3) is 2.04. The molecule has 0 unspecified atom stereocenters. The number of nitrogens with zero attached hydrogens (tertiary/aromatic N) is 2. The van der Waals surface area contributed by atoms with Crippen LogP contribution in [0.5, 0.6) is 0 Å². The Morgan fingerprint density at radius 3 is 2.38 bits per heavy atom. The molecule has 4 heteroatoms. The summed E-state index contributed by atoms with van der Waals surface area (Å²) in [6, 6.07) is 7.78. The second-order valence-electron chi connectivity index (χ2n) is 3.88. The minimum absolute atomic E-state index is 0.722. The van der Waals surface area contributed by atoms with Gasteiger partial charge in [-0.2, -0.15) is 5.10 Å². The van der Waals surface area contributed by atoms with Crippen molar-refractivity contribution in [3.63, 3.8) is 0 Å². The summed E-state index contributed by atoms with van der Waals surface area (Å²) < 4.78 is 1.91. The van der Waals surface area contributed by atoms with E-state index in [9.17, 15) is 0 Å². The van der Waals surface area contributed by atoms with Crippen molar-refractivity contribution >= 4 is 17.3 Å². The Balaban J connectivity index is 2.27. The SMILES string of the molecule is Cc1nn(Cc2ccc(N)cc2)c(C)c1Cl. The average Bonchev–Trinajstić information content (AvgIpc) is 2.50. The molecule has 0 atom stereocenters. The third-order valence-electron chi connectivity index (χ3n) is 2.61. The lowest BCUT2D eigenvalue weighted by Gasteiger charge is -2.04. The van der Waals surface area contributed by atoms with Crippen molar-refractivity contribution in [3.8, 4) is 0 Å². The molecule has 1 aromatic heterocycles. The Morgan fingerprint density at radius 1 is 1.25 bits per heavy atom. The summed E-state index contributed by atoms with van der Waals surface area (Å²) in [4.78, 5) is 0. The highest BCUT2D eigenvalue weighted by Gasteiger charge is 2.08. The molecule has 0 aliphatic heterocycles. The van der Waals surface area contributed by atoms with E-state index in [0.29, 0.717) is 0 Å². The Morgan fingerprint density at radius 2 is 1.88 bits per heavy atom. The number of hydrogen-bond donors (Lipinski definition) is 1. The van der Waals surface area contributed by atoms with E-state index in [1.54, 1.807) is 0 Å². The van der Waals surface area contributed by atoms with E-state index < -0.39 is 0 Å². The van der Waals surface area contributed by atoms with Gasteiger partial charge in [-0.15, -0.1) is 0 Å². The van der Waals surface area contributed by atoms with Crippen LogP contribution < -0.4 is 5.73 Å². The fourth-order valence-electron chi connectivity index (χ4n) is 1.62. The molecule has 0 saturated carbocycles. The van der Waals surface area contributed by atoms with E-state index in [1.165, 1.54) is 0 Å². The van der Waals surface area contributed by atoms with Crippen LogP contribution in [0.25, 0.3) is 0 Å². The second kappa shape index (κ2) is 4.18. The predicted octanol–water partition coefficient (Wildman–Crippen LogP) is 2.78. The van der Waals surface area contributed by atoms with Crippen LogP contribution in [0.2, 0.25) is 5.02 Å². The van der Waals surface area contributed by atoms with Crippen LogP contribution in [-0.2, 0) is 6.54 Å². The summed E-state index contributed by atoms with van der Waals surface area (Å²) in [7, 11) is 0. The van der Waals surface area contributed by atoms with E-state index in [2.05, 4.69) is 5.10 Å². The van der Waals surface area contributed by atoms with Gasteiger partial charge in [0.15, 0.2) is 0 Å². The van der Waals surface area contributed by atoms with Gasteiger partial charge in [0.1, 0.15) is 0 Å². The lowest BCUT2D eigenvalue weighted by Crippen LogP contribution is -2.04. The summed E-state index contributed by atoms with van der Waals surface area (Å²) >= 11 is 6.09. The van der Waals surface area contributed by atoms with Gasteiger partial charge < -0.3 is 5.73 Å². The van der Waals surface area contributed by atoms with Crippen molar-refractivity contribution in [2.24, 2.45) is 0 Å². The molecule has 0 saturated heterocycles. The Hall–Kier alpha value is -1.48. The van der Waals surface area contributed by atoms with Crippen LogP contribution in [0, 0.1) is 13.8 Å². The van der Waals surface area contributed by atoms with E-state index in [1.807, 2.05) is 42.8 Å². The summed E-state index contributed by atoms with van der Waals surface area (Å²) in [5, 5.41) is 5.13. The van der Waals surface area contributed by atoms with Crippen LogP contribution in [0.1, 0.15) is 17.0 Å². The van der Waals surface area contributed by atoms with Gasteiger partial charge in [0.05, 0.1) is 23.0 Å². The van der Waals surface area contributed by atoms with E-state index in [0.717, 1.165) is 34.2 Å². The number of hydrogen-bond acceptors (Lipinski definition) is 2. The van der Waals surface area contributed by atoms with Crippen LogP contribution in [-0.4, -0.2) is 9.78 Å². The second-order valence-corrected chi connectivity index (χ2v) is 4.26. The van der Waals surface area contributed by atoms with Crippen molar-refractivity contribution in [1.29, 1.82) is 0 Å². The van der Waals surface area contributed by atoms with E-state index in [-0.39, 0.29) is 0 Å². The molecule has 0 aliphatic carbocycles. The normalized spacial score (nSPS) is 10.7. The van der Waals surface area contributed by atoms with Gasteiger partial charge in [-0.05, 0) is 31.5 Å². The number of halogens is 1. The molecule has 0 amide bonds. The minimum atomic E-state index is 0.722. The number of nitrogen functional groups attached to an aromatic ring is 1. The number of rotatable bonds is 2. The number of aromatic nitrogens is 2. The van der Waals surface area contributed by atoms with Crippen LogP contribution in [0.4, 0.5) is 5.69 Å². The van der Waals surface area contributed by atoms with Crippen LogP contribution in [0.3, 0.4) is 0 Å². The molecule has 0 spiro atoms. The molecule has 2 N–H and O–H groups in total. The first-order chi connectivity index (χ1) is 7.58. The molecule has 0 aliphatic rings. The summed E-state index contributed by atoms with van der Waals surface area (Å²) in [5.41, 5.74) is 9.44. The number of aryl methyl sites for hydroxylation is 1. The summed E-state index contributed by atoms with van der Waals surface area (Å²) in [6.45, 7) is 4.61. The standard InChI is InChI=1S/C12H14ClN3/c1-8-12(13)9(2)16(15-8)7-10-3-5-11(14)6-4-10/h3-6H,7,14H2,1-2H3. The number of anilines is 1. The first kappa shape index (κ1) is 11.0. The highest BCUT2D eigenvalue weighted by Crippen LogP contribution is 2.20. The Labute approximate surface area is 99.8 Å². The summed E-state index contributed by atoms with van der Waals surface area (Å²) in [5.74, 6) is 0. The lowest BCUT2D eigenvalue weighted by molar-refractivity contribution is 0.659. The minimum Gasteiger partial charge on any atom is -0.399 e. The predicted molar refractivity (Wildman–Crippen MR) is 66.7 cm³/mol. The molecule has 0 bridgehead atoms. The lowest BCUT2D eigenvalue weighted by atomic mass is 10.2. The number of benzene rings is 1. The molecular weight excluding hydrogens is 222 g/mol. The fraction of sp³-hybridized carbons (Fsp3) is 0.250. The van der Waals surface area contributed by atoms with Crippen molar-refractivity contribution in [3.05, 3.63) is 46.2 Å². The molecule has 1 heterocycles. The maximum atomic E-state index is 6.09. The smallest absolute Gasteiger partial charge is 0.0844 e. The van der Waals surface area contributed by atoms with Gasteiger partial charge in [-0.1, -0.05) is 23.7 Å². The molecule has 1 aromatic carbocycles. The van der Waals surface area contributed by atoms with Gasteiger partial charge in [0, 0.05) is 5.69 Å². The molecule has 2 rings (SSSR count). The van der Waals surface area contributed by atoms with Crippen molar-refractivity contribution in [2.45, 2.75) is 20.4 Å². The molecule has 0 fully saturated rings.